The molecule has 0 N–H and O–H groups in total. The van der Waals surface area contributed by atoms with Crippen LogP contribution in [0, 0.1) is 17.3 Å². The van der Waals surface area contributed by atoms with E-state index in [1.807, 2.05) is 0 Å². The van der Waals surface area contributed by atoms with Crippen molar-refractivity contribution in [1.82, 2.24) is 4.90 Å². The Morgan fingerprint density at radius 2 is 2.00 bits per heavy atom. The Bertz CT molecular complexity index is 223. The van der Waals surface area contributed by atoms with Crippen molar-refractivity contribution >= 4 is 12.6 Å². The van der Waals surface area contributed by atoms with E-state index in [1.165, 1.54) is 51.7 Å². The fourth-order valence-corrected chi connectivity index (χ4v) is 3.44. The number of hydrogen-bond donors (Lipinski definition) is 1. The predicted molar refractivity (Wildman–Crippen MR) is 74.1 cm³/mol. The molecule has 0 aromatic carbocycles. The minimum atomic E-state index is 0.612. The average molecular weight is 241 g/mol. The van der Waals surface area contributed by atoms with Crippen molar-refractivity contribution in [2.75, 3.05) is 25.4 Å². The molecule has 0 amide bonds. The first kappa shape index (κ1) is 12.8. The average Bonchev–Trinajstić information content (AvgIpc) is 3.04. The first-order valence-electron chi connectivity index (χ1n) is 6.98. The molecule has 1 aliphatic heterocycles. The molecule has 1 unspecified atom stereocenters. The summed E-state index contributed by atoms with van der Waals surface area (Å²) in [6.07, 6.45) is 7.11. The standard InChI is InChI=1S/C14H27NS/c1-12(2)13-4-3-8-15(9-5-13)10-14(11-16)6-7-14/h12-13,16H,3-11H2,1-2H3. The van der Waals surface area contributed by atoms with Crippen LogP contribution in [0.2, 0.25) is 0 Å². The molecule has 94 valence electrons. The van der Waals surface area contributed by atoms with Crippen molar-refractivity contribution in [3.63, 3.8) is 0 Å². The van der Waals surface area contributed by atoms with Crippen LogP contribution >= 0.6 is 12.6 Å². The second-order valence-electron chi connectivity index (χ2n) is 6.37. The van der Waals surface area contributed by atoms with Gasteiger partial charge in [-0.25, -0.2) is 0 Å². The fourth-order valence-electron chi connectivity index (χ4n) is 3.02. The van der Waals surface area contributed by atoms with Crippen LogP contribution in [0.4, 0.5) is 0 Å². The van der Waals surface area contributed by atoms with Crippen molar-refractivity contribution < 1.29 is 0 Å². The van der Waals surface area contributed by atoms with Crippen molar-refractivity contribution in [3.8, 4) is 0 Å². The van der Waals surface area contributed by atoms with Gasteiger partial charge in [0.05, 0.1) is 0 Å². The predicted octanol–water partition coefficient (Wildman–Crippen LogP) is 3.45. The second kappa shape index (κ2) is 5.30. The highest BCUT2D eigenvalue weighted by Gasteiger charge is 2.42. The molecule has 1 heterocycles. The highest BCUT2D eigenvalue weighted by Crippen LogP contribution is 2.47. The van der Waals surface area contributed by atoms with Gasteiger partial charge < -0.3 is 4.90 Å². The van der Waals surface area contributed by atoms with E-state index in [0.29, 0.717) is 5.41 Å². The first-order chi connectivity index (χ1) is 7.65. The summed E-state index contributed by atoms with van der Waals surface area (Å²) in [5, 5.41) is 0. The van der Waals surface area contributed by atoms with Crippen LogP contribution in [0.3, 0.4) is 0 Å². The lowest BCUT2D eigenvalue weighted by atomic mass is 9.89. The van der Waals surface area contributed by atoms with Crippen LogP contribution in [0.15, 0.2) is 0 Å². The molecule has 0 aromatic heterocycles. The quantitative estimate of drug-likeness (QED) is 0.738. The summed E-state index contributed by atoms with van der Waals surface area (Å²) < 4.78 is 0. The highest BCUT2D eigenvalue weighted by atomic mass is 32.1. The summed E-state index contributed by atoms with van der Waals surface area (Å²) in [4.78, 5) is 2.71. The molecule has 0 aromatic rings. The van der Waals surface area contributed by atoms with E-state index in [4.69, 9.17) is 0 Å². The Morgan fingerprint density at radius 3 is 2.56 bits per heavy atom. The molecule has 2 aliphatic rings. The minimum absolute atomic E-state index is 0.612. The third-order valence-corrected chi connectivity index (χ3v) is 5.33. The van der Waals surface area contributed by atoms with E-state index < -0.39 is 0 Å². The van der Waals surface area contributed by atoms with Crippen molar-refractivity contribution in [2.45, 2.75) is 46.0 Å². The van der Waals surface area contributed by atoms with Crippen LogP contribution in [0.25, 0.3) is 0 Å². The van der Waals surface area contributed by atoms with Gasteiger partial charge in [-0.2, -0.15) is 12.6 Å². The van der Waals surface area contributed by atoms with Crippen molar-refractivity contribution in [3.05, 3.63) is 0 Å². The van der Waals surface area contributed by atoms with Gasteiger partial charge in [-0.1, -0.05) is 13.8 Å². The third-order valence-electron chi connectivity index (χ3n) is 4.66. The number of thiol groups is 1. The first-order valence-corrected chi connectivity index (χ1v) is 7.62. The molecule has 1 atom stereocenters. The molecule has 1 nitrogen and oxygen atoms in total. The van der Waals surface area contributed by atoms with E-state index in [-0.39, 0.29) is 0 Å². The summed E-state index contributed by atoms with van der Waals surface area (Å²) in [6, 6.07) is 0. The minimum Gasteiger partial charge on any atom is -0.303 e. The van der Waals surface area contributed by atoms with Gasteiger partial charge in [0.2, 0.25) is 0 Å². The lowest BCUT2D eigenvalue weighted by Gasteiger charge is -2.25. The maximum atomic E-state index is 4.51. The van der Waals surface area contributed by atoms with E-state index in [2.05, 4.69) is 31.4 Å². The summed E-state index contributed by atoms with van der Waals surface area (Å²) in [7, 11) is 0. The van der Waals surface area contributed by atoms with Crippen LogP contribution in [0.1, 0.15) is 46.0 Å². The fraction of sp³-hybridized carbons (Fsp3) is 1.00. The number of rotatable bonds is 4. The molecule has 2 heteroatoms. The van der Waals surface area contributed by atoms with Crippen LogP contribution in [-0.2, 0) is 0 Å². The SMILES string of the molecule is CC(C)C1CCCN(CC2(CS)CC2)CC1. The van der Waals surface area contributed by atoms with Gasteiger partial charge in [-0.3, -0.25) is 0 Å². The molecule has 0 bridgehead atoms. The van der Waals surface area contributed by atoms with Gasteiger partial charge in [-0.05, 0) is 68.2 Å². The molecular weight excluding hydrogens is 214 g/mol. The number of hydrogen-bond acceptors (Lipinski definition) is 2. The van der Waals surface area contributed by atoms with E-state index in [1.54, 1.807) is 0 Å². The molecule has 1 saturated carbocycles. The van der Waals surface area contributed by atoms with Gasteiger partial charge >= 0.3 is 0 Å². The monoisotopic (exact) mass is 241 g/mol. The Balaban J connectivity index is 1.80. The lowest BCUT2D eigenvalue weighted by Crippen LogP contribution is -2.32. The van der Waals surface area contributed by atoms with Gasteiger partial charge in [0.15, 0.2) is 0 Å². The summed E-state index contributed by atoms with van der Waals surface area (Å²) >= 11 is 4.51. The van der Waals surface area contributed by atoms with Crippen LogP contribution < -0.4 is 0 Å². The number of likely N-dealkylation sites (tertiary alicyclic amines) is 1. The Labute approximate surface area is 106 Å². The van der Waals surface area contributed by atoms with Gasteiger partial charge in [0.25, 0.3) is 0 Å². The summed E-state index contributed by atoms with van der Waals surface area (Å²) in [5.41, 5.74) is 0.612. The van der Waals surface area contributed by atoms with Crippen LogP contribution in [0.5, 0.6) is 0 Å². The number of nitrogens with zero attached hydrogens (tertiary/aromatic N) is 1. The zero-order chi connectivity index (χ0) is 11.6. The van der Waals surface area contributed by atoms with Crippen LogP contribution in [-0.4, -0.2) is 30.3 Å². The molecule has 0 spiro atoms. The largest absolute Gasteiger partial charge is 0.303 e. The third kappa shape index (κ3) is 3.16. The van der Waals surface area contributed by atoms with Crippen molar-refractivity contribution in [2.24, 2.45) is 17.3 Å². The van der Waals surface area contributed by atoms with E-state index in [9.17, 15) is 0 Å². The Hall–Kier alpha value is 0.310. The second-order valence-corrected chi connectivity index (χ2v) is 6.69. The zero-order valence-electron chi connectivity index (χ0n) is 10.9. The summed E-state index contributed by atoms with van der Waals surface area (Å²) in [6.45, 7) is 8.76. The molecule has 16 heavy (non-hydrogen) atoms. The van der Waals surface area contributed by atoms with E-state index >= 15 is 0 Å². The molecule has 2 fully saturated rings. The Kier molecular flexibility index (Phi) is 4.23. The smallest absolute Gasteiger partial charge is 0.00458 e. The maximum absolute atomic E-state index is 4.51. The maximum Gasteiger partial charge on any atom is 0.00458 e. The van der Waals surface area contributed by atoms with Gasteiger partial charge in [0, 0.05) is 6.54 Å². The van der Waals surface area contributed by atoms with E-state index in [0.717, 1.165) is 17.6 Å². The zero-order valence-corrected chi connectivity index (χ0v) is 11.8. The Morgan fingerprint density at radius 1 is 1.25 bits per heavy atom. The summed E-state index contributed by atoms with van der Waals surface area (Å²) in [5.74, 6) is 2.94. The lowest BCUT2D eigenvalue weighted by molar-refractivity contribution is 0.231. The topological polar surface area (TPSA) is 3.24 Å². The highest BCUT2D eigenvalue weighted by molar-refractivity contribution is 7.80. The molecule has 2 rings (SSSR count). The molecule has 0 radical (unpaired) electrons. The normalized spacial score (nSPS) is 30.4. The molecular formula is C14H27NS. The molecule has 1 aliphatic carbocycles. The van der Waals surface area contributed by atoms with Crippen molar-refractivity contribution in [1.29, 1.82) is 0 Å². The van der Waals surface area contributed by atoms with Gasteiger partial charge in [-0.15, -0.1) is 0 Å². The molecule has 1 saturated heterocycles. The van der Waals surface area contributed by atoms with Gasteiger partial charge in [0.1, 0.15) is 0 Å².